The van der Waals surface area contributed by atoms with Crippen LogP contribution in [0.5, 0.6) is 0 Å². The number of aryl methyl sites for hydroxylation is 1. The van der Waals surface area contributed by atoms with Gasteiger partial charge in [0, 0.05) is 44.2 Å². The first-order valence-corrected chi connectivity index (χ1v) is 8.09. The number of nitrogens with zero attached hydrogens (tertiary/aromatic N) is 4. The maximum Gasteiger partial charge on any atom is 0.220 e. The van der Waals surface area contributed by atoms with Crippen LogP contribution in [0, 0.1) is 0 Å². The molecule has 3 N–H and O–H groups in total. The molecule has 1 aliphatic rings. The van der Waals surface area contributed by atoms with Gasteiger partial charge in [-0.1, -0.05) is 24.9 Å². The number of nitrogen functional groups attached to an aromatic ring is 1. The highest BCUT2D eigenvalue weighted by molar-refractivity contribution is 6.30. The third-order valence-electron chi connectivity index (χ3n) is 3.96. The van der Waals surface area contributed by atoms with Crippen molar-refractivity contribution in [2.45, 2.75) is 45.7 Å². The molecule has 6 nitrogen and oxygen atoms in total. The minimum atomic E-state index is 0.351. The van der Waals surface area contributed by atoms with E-state index in [0.717, 1.165) is 68.1 Å². The highest BCUT2D eigenvalue weighted by Crippen LogP contribution is 2.21. The molecule has 2 aromatic heterocycles. The summed E-state index contributed by atoms with van der Waals surface area (Å²) >= 11 is 6.25. The Hall–Kier alpha value is -1.66. The first-order valence-electron chi connectivity index (χ1n) is 7.71. The SMILES string of the molecule is CCCCc1nc(Cl)c(CN2CCc3nc(N)ncc3C2)[nH]1. The third-order valence-corrected chi connectivity index (χ3v) is 4.27. The van der Waals surface area contributed by atoms with Crippen molar-refractivity contribution in [3.8, 4) is 0 Å². The summed E-state index contributed by atoms with van der Waals surface area (Å²) in [7, 11) is 0. The Balaban J connectivity index is 1.67. The number of hydrogen-bond donors (Lipinski definition) is 2. The second-order valence-electron chi connectivity index (χ2n) is 5.72. The zero-order valence-corrected chi connectivity index (χ0v) is 13.5. The van der Waals surface area contributed by atoms with Gasteiger partial charge < -0.3 is 10.7 Å². The lowest BCUT2D eigenvalue weighted by molar-refractivity contribution is 0.240. The number of unbranched alkanes of at least 4 members (excludes halogenated alkanes) is 1. The normalized spacial score (nSPS) is 15.0. The fourth-order valence-electron chi connectivity index (χ4n) is 2.76. The average molecular weight is 321 g/mol. The number of anilines is 1. The summed E-state index contributed by atoms with van der Waals surface area (Å²) in [4.78, 5) is 18.5. The predicted octanol–water partition coefficient (Wildman–Crippen LogP) is 2.34. The van der Waals surface area contributed by atoms with E-state index in [1.807, 2.05) is 6.20 Å². The van der Waals surface area contributed by atoms with Crippen LogP contribution in [-0.2, 0) is 25.9 Å². The van der Waals surface area contributed by atoms with E-state index in [-0.39, 0.29) is 0 Å². The number of halogens is 1. The van der Waals surface area contributed by atoms with Crippen LogP contribution in [-0.4, -0.2) is 31.4 Å². The Morgan fingerprint density at radius 1 is 1.41 bits per heavy atom. The van der Waals surface area contributed by atoms with Crippen LogP contribution in [0.15, 0.2) is 6.20 Å². The smallest absolute Gasteiger partial charge is 0.220 e. The maximum absolute atomic E-state index is 6.25. The van der Waals surface area contributed by atoms with E-state index in [1.54, 1.807) is 0 Å². The molecule has 7 heteroatoms. The van der Waals surface area contributed by atoms with Crippen molar-refractivity contribution < 1.29 is 0 Å². The van der Waals surface area contributed by atoms with Crippen molar-refractivity contribution in [3.63, 3.8) is 0 Å². The summed E-state index contributed by atoms with van der Waals surface area (Å²) in [6, 6.07) is 0. The first kappa shape index (κ1) is 15.2. The number of H-pyrrole nitrogens is 1. The van der Waals surface area contributed by atoms with Crippen molar-refractivity contribution in [3.05, 3.63) is 34.1 Å². The molecule has 0 atom stereocenters. The summed E-state index contributed by atoms with van der Waals surface area (Å²) in [5.41, 5.74) is 8.83. The highest BCUT2D eigenvalue weighted by atomic mass is 35.5. The molecule has 0 bridgehead atoms. The molecule has 0 radical (unpaired) electrons. The van der Waals surface area contributed by atoms with Gasteiger partial charge in [-0.15, -0.1) is 0 Å². The van der Waals surface area contributed by atoms with Gasteiger partial charge in [0.15, 0.2) is 5.15 Å². The lowest BCUT2D eigenvalue weighted by atomic mass is 10.1. The van der Waals surface area contributed by atoms with Crippen LogP contribution >= 0.6 is 11.6 Å². The van der Waals surface area contributed by atoms with Gasteiger partial charge in [0.25, 0.3) is 0 Å². The number of aromatic nitrogens is 4. The third kappa shape index (κ3) is 3.39. The lowest BCUT2D eigenvalue weighted by Crippen LogP contribution is -2.31. The largest absolute Gasteiger partial charge is 0.368 e. The van der Waals surface area contributed by atoms with Crippen LogP contribution in [0.25, 0.3) is 0 Å². The quantitative estimate of drug-likeness (QED) is 0.883. The summed E-state index contributed by atoms with van der Waals surface area (Å²) in [5, 5.41) is 0.588. The molecule has 118 valence electrons. The Labute approximate surface area is 135 Å². The first-order chi connectivity index (χ1) is 10.7. The Kier molecular flexibility index (Phi) is 4.59. The minimum Gasteiger partial charge on any atom is -0.368 e. The Morgan fingerprint density at radius 3 is 3.09 bits per heavy atom. The molecule has 2 aromatic rings. The Morgan fingerprint density at radius 2 is 2.27 bits per heavy atom. The molecule has 1 aliphatic heterocycles. The number of hydrogen-bond acceptors (Lipinski definition) is 5. The van der Waals surface area contributed by atoms with Gasteiger partial charge in [-0.2, -0.15) is 0 Å². The van der Waals surface area contributed by atoms with Crippen LogP contribution in [0.1, 0.15) is 42.5 Å². The van der Waals surface area contributed by atoms with E-state index in [4.69, 9.17) is 17.3 Å². The van der Waals surface area contributed by atoms with E-state index < -0.39 is 0 Å². The second kappa shape index (κ2) is 6.62. The molecule has 22 heavy (non-hydrogen) atoms. The van der Waals surface area contributed by atoms with Gasteiger partial charge in [-0.05, 0) is 6.42 Å². The van der Waals surface area contributed by atoms with Gasteiger partial charge in [0.05, 0.1) is 11.4 Å². The van der Waals surface area contributed by atoms with Gasteiger partial charge >= 0.3 is 0 Å². The molecule has 3 heterocycles. The molecule has 0 unspecified atom stereocenters. The number of nitrogens with two attached hydrogens (primary N) is 1. The van der Waals surface area contributed by atoms with Crippen LogP contribution in [0.4, 0.5) is 5.95 Å². The van der Waals surface area contributed by atoms with E-state index in [1.165, 1.54) is 0 Å². The van der Waals surface area contributed by atoms with Gasteiger partial charge in [-0.25, -0.2) is 15.0 Å². The van der Waals surface area contributed by atoms with E-state index in [9.17, 15) is 0 Å². The minimum absolute atomic E-state index is 0.351. The van der Waals surface area contributed by atoms with Gasteiger partial charge in [-0.3, -0.25) is 4.90 Å². The van der Waals surface area contributed by atoms with Crippen molar-refractivity contribution in [2.75, 3.05) is 12.3 Å². The topological polar surface area (TPSA) is 83.7 Å². The van der Waals surface area contributed by atoms with Gasteiger partial charge in [0.1, 0.15) is 5.82 Å². The number of rotatable bonds is 5. The van der Waals surface area contributed by atoms with Crippen LogP contribution in [0.3, 0.4) is 0 Å². The lowest BCUT2D eigenvalue weighted by Gasteiger charge is -2.27. The fraction of sp³-hybridized carbons (Fsp3) is 0.533. The van der Waals surface area contributed by atoms with E-state index in [2.05, 4.69) is 31.8 Å². The maximum atomic E-state index is 6.25. The standard InChI is InChI=1S/C15H21ClN6/c1-2-3-4-13-19-12(14(16)21-13)9-22-6-5-11-10(8-22)7-18-15(17)20-11/h7H,2-6,8-9H2,1H3,(H,19,21)(H2,17,18,20). The van der Waals surface area contributed by atoms with Crippen LogP contribution < -0.4 is 5.73 Å². The summed E-state index contributed by atoms with van der Waals surface area (Å²) in [6.45, 7) is 4.69. The molecule has 0 saturated heterocycles. The van der Waals surface area contributed by atoms with Gasteiger partial charge in [0.2, 0.25) is 5.95 Å². The number of nitrogens with one attached hydrogen (secondary N) is 1. The zero-order chi connectivity index (χ0) is 15.5. The number of imidazole rings is 1. The molecule has 0 amide bonds. The fourth-order valence-corrected chi connectivity index (χ4v) is 2.96. The van der Waals surface area contributed by atoms with E-state index >= 15 is 0 Å². The Bertz CT molecular complexity index is 653. The molecular formula is C15H21ClN6. The number of fused-ring (bicyclic) bond motifs is 1. The molecule has 0 aromatic carbocycles. The molecule has 0 spiro atoms. The molecule has 0 aliphatic carbocycles. The second-order valence-corrected chi connectivity index (χ2v) is 6.08. The molecular weight excluding hydrogens is 300 g/mol. The van der Waals surface area contributed by atoms with Crippen molar-refractivity contribution in [2.24, 2.45) is 0 Å². The van der Waals surface area contributed by atoms with E-state index in [0.29, 0.717) is 11.1 Å². The van der Waals surface area contributed by atoms with Crippen molar-refractivity contribution in [1.29, 1.82) is 0 Å². The predicted molar refractivity (Wildman–Crippen MR) is 86.5 cm³/mol. The summed E-state index contributed by atoms with van der Waals surface area (Å²) in [6.07, 6.45) is 5.94. The van der Waals surface area contributed by atoms with Crippen molar-refractivity contribution >= 4 is 17.5 Å². The average Bonchev–Trinajstić information content (AvgIpc) is 2.85. The monoisotopic (exact) mass is 320 g/mol. The summed E-state index contributed by atoms with van der Waals surface area (Å²) < 4.78 is 0. The number of aromatic amines is 1. The highest BCUT2D eigenvalue weighted by Gasteiger charge is 2.20. The molecule has 3 rings (SSSR count). The molecule has 0 fully saturated rings. The van der Waals surface area contributed by atoms with Crippen LogP contribution in [0.2, 0.25) is 5.15 Å². The van der Waals surface area contributed by atoms with Crippen molar-refractivity contribution in [1.82, 2.24) is 24.8 Å². The zero-order valence-electron chi connectivity index (χ0n) is 12.8. The summed E-state index contributed by atoms with van der Waals surface area (Å²) in [5.74, 6) is 1.33. The molecule has 0 saturated carbocycles.